The number of carbonyl (C=O) groups is 2. The van der Waals surface area contributed by atoms with Crippen LogP contribution in [0.1, 0.15) is 0 Å². The number of halogens is 4. The molecule has 0 rings (SSSR count). The average Bonchev–Trinajstić information content (AvgIpc) is 1.84. The molecule has 0 radical (unpaired) electrons. The largest absolute Gasteiger partial charge is 0.345 e. The van der Waals surface area contributed by atoms with Crippen LogP contribution in [0.2, 0.25) is 0 Å². The SMILES string of the molecule is O=C(F)/C(Cl)=C(/Cl)C(=O)F. The van der Waals surface area contributed by atoms with E-state index < -0.39 is 22.1 Å². The highest BCUT2D eigenvalue weighted by atomic mass is 35.5. The minimum atomic E-state index is -2.14. The highest BCUT2D eigenvalue weighted by molar-refractivity contribution is 6.52. The zero-order chi connectivity index (χ0) is 8.31. The molecular weight excluding hydrogens is 189 g/mol. The Labute approximate surface area is 64.4 Å². The molecule has 6 heteroatoms. The van der Waals surface area contributed by atoms with Crippen LogP contribution in [0, 0.1) is 0 Å². The van der Waals surface area contributed by atoms with E-state index in [1.807, 2.05) is 0 Å². The zero-order valence-electron chi connectivity index (χ0n) is 4.33. The third kappa shape index (κ3) is 2.41. The molecule has 0 N–H and O–H groups in total. The predicted octanol–water partition coefficient (Wildman–Crippen LogP) is 1.67. The van der Waals surface area contributed by atoms with Crippen molar-refractivity contribution < 1.29 is 18.4 Å². The van der Waals surface area contributed by atoms with E-state index in [2.05, 4.69) is 0 Å². The van der Waals surface area contributed by atoms with E-state index in [0.29, 0.717) is 0 Å². The third-order valence-corrected chi connectivity index (χ3v) is 1.31. The van der Waals surface area contributed by atoms with E-state index in [4.69, 9.17) is 23.2 Å². The van der Waals surface area contributed by atoms with Crippen LogP contribution in [-0.4, -0.2) is 12.1 Å². The van der Waals surface area contributed by atoms with Crippen LogP contribution in [-0.2, 0) is 9.59 Å². The van der Waals surface area contributed by atoms with Crippen molar-refractivity contribution in [1.29, 1.82) is 0 Å². The second-order valence-electron chi connectivity index (χ2n) is 1.18. The van der Waals surface area contributed by atoms with Gasteiger partial charge in [0, 0.05) is 0 Å². The Morgan fingerprint density at radius 1 is 0.900 bits per heavy atom. The summed E-state index contributed by atoms with van der Waals surface area (Å²) in [4.78, 5) is 19.3. The van der Waals surface area contributed by atoms with Crippen LogP contribution in [0.25, 0.3) is 0 Å². The molecule has 0 fully saturated rings. The van der Waals surface area contributed by atoms with Gasteiger partial charge in [0.25, 0.3) is 0 Å². The molecule has 2 nitrogen and oxygen atoms in total. The number of rotatable bonds is 2. The highest BCUT2D eigenvalue weighted by Crippen LogP contribution is 2.16. The first-order valence-corrected chi connectivity index (χ1v) is 2.67. The molecule has 0 saturated heterocycles. The topological polar surface area (TPSA) is 34.1 Å². The van der Waals surface area contributed by atoms with E-state index in [0.717, 1.165) is 0 Å². The smallest absolute Gasteiger partial charge is 0.254 e. The van der Waals surface area contributed by atoms with E-state index in [1.54, 1.807) is 0 Å². The van der Waals surface area contributed by atoms with Crippen molar-refractivity contribution in [3.05, 3.63) is 10.1 Å². The van der Waals surface area contributed by atoms with Crippen molar-refractivity contribution in [2.45, 2.75) is 0 Å². The number of hydrogen-bond acceptors (Lipinski definition) is 2. The standard InChI is InChI=1S/C4Cl2F2O2/c5-1(3(7)9)2(6)4(8)10/b2-1-. The molecule has 0 aromatic heterocycles. The van der Waals surface area contributed by atoms with Crippen molar-refractivity contribution in [2.24, 2.45) is 0 Å². The fraction of sp³-hybridized carbons (Fsp3) is 0. The maximum absolute atomic E-state index is 11.5. The molecule has 0 aromatic rings. The molecule has 0 amide bonds. The molecule has 0 saturated carbocycles. The second-order valence-corrected chi connectivity index (χ2v) is 1.93. The minimum Gasteiger partial charge on any atom is -0.254 e. The van der Waals surface area contributed by atoms with Crippen molar-refractivity contribution in [3.8, 4) is 0 Å². The van der Waals surface area contributed by atoms with Crippen LogP contribution < -0.4 is 0 Å². The average molecular weight is 189 g/mol. The highest BCUT2D eigenvalue weighted by Gasteiger charge is 2.16. The summed E-state index contributed by atoms with van der Waals surface area (Å²) >= 11 is 9.45. The Hall–Kier alpha value is -0.480. The summed E-state index contributed by atoms with van der Waals surface area (Å²) in [5, 5.41) is -2.48. The van der Waals surface area contributed by atoms with Crippen LogP contribution >= 0.6 is 23.2 Å². The van der Waals surface area contributed by atoms with E-state index in [-0.39, 0.29) is 0 Å². The predicted molar refractivity (Wildman–Crippen MR) is 31.0 cm³/mol. The third-order valence-electron chi connectivity index (χ3n) is 0.538. The quantitative estimate of drug-likeness (QED) is 0.488. The first kappa shape index (κ1) is 9.52. The van der Waals surface area contributed by atoms with Gasteiger partial charge >= 0.3 is 12.1 Å². The monoisotopic (exact) mass is 188 g/mol. The zero-order valence-corrected chi connectivity index (χ0v) is 5.84. The van der Waals surface area contributed by atoms with Gasteiger partial charge in [-0.2, -0.15) is 8.78 Å². The molecule has 0 atom stereocenters. The van der Waals surface area contributed by atoms with Gasteiger partial charge in [0.1, 0.15) is 10.1 Å². The van der Waals surface area contributed by atoms with Crippen LogP contribution in [0.15, 0.2) is 10.1 Å². The summed E-state index contributed by atoms with van der Waals surface area (Å²) in [5.41, 5.74) is 0. The Balaban J connectivity index is 4.67. The lowest BCUT2D eigenvalue weighted by Gasteiger charge is -1.87. The first-order chi connectivity index (χ1) is 4.46. The summed E-state index contributed by atoms with van der Waals surface area (Å²) in [6.45, 7) is 0. The fourth-order valence-corrected chi connectivity index (χ4v) is 0.321. The number of allylic oxidation sites excluding steroid dienone is 2. The molecule has 0 aliphatic rings. The molecule has 0 heterocycles. The van der Waals surface area contributed by atoms with Gasteiger partial charge in [0.05, 0.1) is 0 Å². The van der Waals surface area contributed by atoms with Gasteiger partial charge in [-0.3, -0.25) is 9.59 Å². The van der Waals surface area contributed by atoms with Crippen LogP contribution in [0.3, 0.4) is 0 Å². The Morgan fingerprint density at radius 2 is 1.10 bits per heavy atom. The fourth-order valence-electron chi connectivity index (χ4n) is 0.173. The van der Waals surface area contributed by atoms with Gasteiger partial charge in [-0.05, 0) is 0 Å². The van der Waals surface area contributed by atoms with Crippen LogP contribution in [0.4, 0.5) is 8.78 Å². The minimum absolute atomic E-state index is 1.24. The van der Waals surface area contributed by atoms with E-state index in [9.17, 15) is 18.4 Å². The van der Waals surface area contributed by atoms with Gasteiger partial charge in [0.15, 0.2) is 0 Å². The summed E-state index contributed by atoms with van der Waals surface area (Å²) < 4.78 is 22.9. The lowest BCUT2D eigenvalue weighted by atomic mass is 10.5. The van der Waals surface area contributed by atoms with Crippen molar-refractivity contribution in [3.63, 3.8) is 0 Å². The Bertz CT molecular complexity index is 189. The lowest BCUT2D eigenvalue weighted by molar-refractivity contribution is -0.127. The molecule has 0 spiro atoms. The molecule has 10 heavy (non-hydrogen) atoms. The van der Waals surface area contributed by atoms with Gasteiger partial charge in [0.2, 0.25) is 0 Å². The molecule has 0 aliphatic carbocycles. The Kier molecular flexibility index (Phi) is 3.46. The molecular formula is C4Cl2F2O2. The van der Waals surface area contributed by atoms with Crippen molar-refractivity contribution >= 4 is 35.3 Å². The molecule has 0 aliphatic heterocycles. The lowest BCUT2D eigenvalue weighted by Crippen LogP contribution is -1.95. The molecule has 0 bridgehead atoms. The van der Waals surface area contributed by atoms with Gasteiger partial charge < -0.3 is 0 Å². The number of carbonyl (C=O) groups excluding carboxylic acids is 2. The second kappa shape index (κ2) is 3.63. The molecule has 0 unspecified atom stereocenters. The Morgan fingerprint density at radius 3 is 1.20 bits per heavy atom. The van der Waals surface area contributed by atoms with Crippen LogP contribution in [0.5, 0.6) is 0 Å². The normalized spacial score (nSPS) is 12.4. The summed E-state index contributed by atoms with van der Waals surface area (Å²) in [5.74, 6) is 0. The summed E-state index contributed by atoms with van der Waals surface area (Å²) in [6, 6.07) is -4.28. The van der Waals surface area contributed by atoms with Gasteiger partial charge in [-0.15, -0.1) is 0 Å². The molecule has 56 valence electrons. The van der Waals surface area contributed by atoms with E-state index in [1.165, 1.54) is 0 Å². The number of hydrogen-bond donors (Lipinski definition) is 0. The first-order valence-electron chi connectivity index (χ1n) is 1.91. The van der Waals surface area contributed by atoms with Gasteiger partial charge in [-0.1, -0.05) is 23.2 Å². The van der Waals surface area contributed by atoms with Crippen molar-refractivity contribution in [1.82, 2.24) is 0 Å². The summed E-state index contributed by atoms with van der Waals surface area (Å²) in [6.07, 6.45) is 0. The van der Waals surface area contributed by atoms with E-state index >= 15 is 0 Å². The molecule has 0 aromatic carbocycles. The van der Waals surface area contributed by atoms with Gasteiger partial charge in [-0.25, -0.2) is 0 Å². The maximum atomic E-state index is 11.5. The summed E-state index contributed by atoms with van der Waals surface area (Å²) in [7, 11) is 0. The maximum Gasteiger partial charge on any atom is 0.345 e. The van der Waals surface area contributed by atoms with Crippen molar-refractivity contribution in [2.75, 3.05) is 0 Å².